The van der Waals surface area contributed by atoms with Gasteiger partial charge in [0.15, 0.2) is 5.76 Å². The van der Waals surface area contributed by atoms with Crippen LogP contribution in [0.5, 0.6) is 0 Å². The van der Waals surface area contributed by atoms with E-state index in [1.54, 1.807) is 17.0 Å². The monoisotopic (exact) mass is 223 g/mol. The second-order valence-electron chi connectivity index (χ2n) is 4.38. The fourth-order valence-corrected chi connectivity index (χ4v) is 2.05. The molecule has 0 radical (unpaired) electrons. The van der Waals surface area contributed by atoms with Crippen molar-refractivity contribution in [1.82, 2.24) is 4.90 Å². The molecule has 1 amide bonds. The van der Waals surface area contributed by atoms with Gasteiger partial charge in [-0.2, -0.15) is 0 Å². The zero-order chi connectivity index (χ0) is 11.7. The van der Waals surface area contributed by atoms with Crippen LogP contribution in [0.4, 0.5) is 0 Å². The molecule has 1 aromatic rings. The van der Waals surface area contributed by atoms with Crippen LogP contribution in [0.2, 0.25) is 0 Å². The Morgan fingerprint density at radius 3 is 2.44 bits per heavy atom. The van der Waals surface area contributed by atoms with Crippen LogP contribution in [0, 0.1) is 6.92 Å². The van der Waals surface area contributed by atoms with Gasteiger partial charge in [-0.1, -0.05) is 0 Å². The van der Waals surface area contributed by atoms with Crippen molar-refractivity contribution in [3.63, 3.8) is 0 Å². The molecule has 0 spiro atoms. The third-order valence-corrected chi connectivity index (χ3v) is 2.66. The summed E-state index contributed by atoms with van der Waals surface area (Å²) >= 11 is 0. The number of furan rings is 1. The normalized spacial score (nSPS) is 25.8. The molecule has 0 N–H and O–H groups in total. The van der Waals surface area contributed by atoms with E-state index in [4.69, 9.17) is 9.15 Å². The zero-order valence-corrected chi connectivity index (χ0v) is 9.90. The lowest BCUT2D eigenvalue weighted by Gasteiger charge is -2.34. The second-order valence-corrected chi connectivity index (χ2v) is 4.38. The largest absolute Gasteiger partial charge is 0.456 e. The van der Waals surface area contributed by atoms with Crippen molar-refractivity contribution >= 4 is 5.91 Å². The van der Waals surface area contributed by atoms with Crippen LogP contribution in [0.15, 0.2) is 16.5 Å². The number of hydrogen-bond donors (Lipinski definition) is 0. The van der Waals surface area contributed by atoms with Gasteiger partial charge in [-0.05, 0) is 32.9 Å². The average Bonchev–Trinajstić information content (AvgIpc) is 2.62. The van der Waals surface area contributed by atoms with Crippen molar-refractivity contribution in [2.75, 3.05) is 13.1 Å². The van der Waals surface area contributed by atoms with E-state index in [0.29, 0.717) is 18.8 Å². The molecule has 0 aromatic carbocycles. The number of morpholine rings is 1. The van der Waals surface area contributed by atoms with Gasteiger partial charge < -0.3 is 14.1 Å². The Hall–Kier alpha value is -1.29. The van der Waals surface area contributed by atoms with Crippen molar-refractivity contribution in [3.8, 4) is 0 Å². The van der Waals surface area contributed by atoms with Gasteiger partial charge in [-0.25, -0.2) is 0 Å². The van der Waals surface area contributed by atoms with E-state index in [1.807, 2.05) is 20.8 Å². The van der Waals surface area contributed by atoms with E-state index >= 15 is 0 Å². The number of ether oxygens (including phenoxy) is 1. The summed E-state index contributed by atoms with van der Waals surface area (Å²) in [6.45, 7) is 7.04. The Labute approximate surface area is 95.2 Å². The summed E-state index contributed by atoms with van der Waals surface area (Å²) < 4.78 is 10.9. The molecule has 4 heteroatoms. The van der Waals surface area contributed by atoms with Crippen LogP contribution in [-0.2, 0) is 4.74 Å². The first-order chi connectivity index (χ1) is 7.56. The lowest BCUT2D eigenvalue weighted by Crippen LogP contribution is -2.48. The standard InChI is InChI=1S/C12H17NO3/c1-8-4-5-11(16-8)12(14)13-6-9(2)15-10(3)7-13/h4-5,9-10H,6-7H2,1-3H3/t9-,10-/m1/s1. The third-order valence-electron chi connectivity index (χ3n) is 2.66. The predicted octanol–water partition coefficient (Wildman–Crippen LogP) is 1.84. The SMILES string of the molecule is Cc1ccc(C(=O)N2C[C@@H](C)O[C@H](C)C2)o1. The number of aryl methyl sites for hydroxylation is 1. The summed E-state index contributed by atoms with van der Waals surface area (Å²) in [7, 11) is 0. The number of carbonyl (C=O) groups excluding carboxylic acids is 1. The van der Waals surface area contributed by atoms with Crippen molar-refractivity contribution < 1.29 is 13.9 Å². The molecule has 1 saturated heterocycles. The first kappa shape index (κ1) is 11.2. The molecule has 2 heterocycles. The van der Waals surface area contributed by atoms with Crippen molar-refractivity contribution in [1.29, 1.82) is 0 Å². The zero-order valence-electron chi connectivity index (χ0n) is 9.90. The number of rotatable bonds is 1. The van der Waals surface area contributed by atoms with Gasteiger partial charge in [-0.3, -0.25) is 4.79 Å². The Bertz CT molecular complexity index is 375. The van der Waals surface area contributed by atoms with Crippen LogP contribution in [-0.4, -0.2) is 36.1 Å². The second kappa shape index (κ2) is 4.29. The van der Waals surface area contributed by atoms with E-state index in [1.165, 1.54) is 0 Å². The van der Waals surface area contributed by atoms with Crippen molar-refractivity contribution in [2.24, 2.45) is 0 Å². The molecule has 1 fully saturated rings. The van der Waals surface area contributed by atoms with E-state index in [9.17, 15) is 4.79 Å². The molecule has 1 aliphatic heterocycles. The summed E-state index contributed by atoms with van der Waals surface area (Å²) in [4.78, 5) is 13.9. The highest BCUT2D eigenvalue weighted by molar-refractivity contribution is 5.91. The highest BCUT2D eigenvalue weighted by Crippen LogP contribution is 2.15. The molecule has 4 nitrogen and oxygen atoms in total. The smallest absolute Gasteiger partial charge is 0.289 e. The van der Waals surface area contributed by atoms with Crippen molar-refractivity contribution in [3.05, 3.63) is 23.7 Å². The lowest BCUT2D eigenvalue weighted by molar-refractivity contribution is -0.0592. The van der Waals surface area contributed by atoms with Gasteiger partial charge in [0.2, 0.25) is 0 Å². The summed E-state index contributed by atoms with van der Waals surface area (Å²) in [5, 5.41) is 0. The summed E-state index contributed by atoms with van der Waals surface area (Å²) in [5.41, 5.74) is 0. The molecule has 0 saturated carbocycles. The van der Waals surface area contributed by atoms with Gasteiger partial charge >= 0.3 is 0 Å². The maximum atomic E-state index is 12.1. The fourth-order valence-electron chi connectivity index (χ4n) is 2.05. The fraction of sp³-hybridized carbons (Fsp3) is 0.583. The predicted molar refractivity (Wildman–Crippen MR) is 59.4 cm³/mol. The summed E-state index contributed by atoms with van der Waals surface area (Å²) in [6.07, 6.45) is 0.174. The van der Waals surface area contributed by atoms with E-state index in [2.05, 4.69) is 0 Å². The van der Waals surface area contributed by atoms with Crippen LogP contribution in [0.1, 0.15) is 30.2 Å². The number of carbonyl (C=O) groups is 1. The molecule has 1 aromatic heterocycles. The number of nitrogens with zero attached hydrogens (tertiary/aromatic N) is 1. The summed E-state index contributed by atoms with van der Waals surface area (Å²) in [5.74, 6) is 1.13. The maximum Gasteiger partial charge on any atom is 0.289 e. The van der Waals surface area contributed by atoms with Gasteiger partial charge in [0.25, 0.3) is 5.91 Å². The molecule has 88 valence electrons. The van der Waals surface area contributed by atoms with Gasteiger partial charge in [0.1, 0.15) is 5.76 Å². The highest BCUT2D eigenvalue weighted by Gasteiger charge is 2.27. The molecular formula is C12H17NO3. The Morgan fingerprint density at radius 1 is 1.31 bits per heavy atom. The summed E-state index contributed by atoms with van der Waals surface area (Å²) in [6, 6.07) is 3.53. The molecule has 0 unspecified atom stereocenters. The van der Waals surface area contributed by atoms with Crippen LogP contribution in [0.25, 0.3) is 0 Å². The lowest BCUT2D eigenvalue weighted by atomic mass is 10.2. The van der Waals surface area contributed by atoms with Crippen molar-refractivity contribution in [2.45, 2.75) is 33.0 Å². The minimum Gasteiger partial charge on any atom is -0.456 e. The topological polar surface area (TPSA) is 42.7 Å². The molecule has 0 aliphatic carbocycles. The minimum absolute atomic E-state index is 0.0462. The van der Waals surface area contributed by atoms with E-state index < -0.39 is 0 Å². The Balaban J connectivity index is 2.09. The van der Waals surface area contributed by atoms with Gasteiger partial charge in [0, 0.05) is 13.1 Å². The molecule has 1 aliphatic rings. The molecule has 16 heavy (non-hydrogen) atoms. The molecule has 2 rings (SSSR count). The van der Waals surface area contributed by atoms with E-state index in [0.717, 1.165) is 5.76 Å². The molecule has 2 atom stereocenters. The number of amides is 1. The highest BCUT2D eigenvalue weighted by atomic mass is 16.5. The number of hydrogen-bond acceptors (Lipinski definition) is 3. The van der Waals surface area contributed by atoms with Gasteiger partial charge in [0.05, 0.1) is 12.2 Å². The Morgan fingerprint density at radius 2 is 1.94 bits per heavy atom. The maximum absolute atomic E-state index is 12.1. The third kappa shape index (κ3) is 2.27. The first-order valence-electron chi connectivity index (χ1n) is 5.57. The Kier molecular flexibility index (Phi) is 3.01. The van der Waals surface area contributed by atoms with E-state index in [-0.39, 0.29) is 18.1 Å². The van der Waals surface area contributed by atoms with Crippen LogP contribution < -0.4 is 0 Å². The quantitative estimate of drug-likeness (QED) is 0.729. The molecular weight excluding hydrogens is 206 g/mol. The van der Waals surface area contributed by atoms with Crippen LogP contribution >= 0.6 is 0 Å². The van der Waals surface area contributed by atoms with Crippen LogP contribution in [0.3, 0.4) is 0 Å². The minimum atomic E-state index is -0.0462. The average molecular weight is 223 g/mol. The van der Waals surface area contributed by atoms with Gasteiger partial charge in [-0.15, -0.1) is 0 Å². The first-order valence-corrected chi connectivity index (χ1v) is 5.57. The molecule has 0 bridgehead atoms.